The molecule has 0 saturated heterocycles. The van der Waals surface area contributed by atoms with Gasteiger partial charge < -0.3 is 16.2 Å². The van der Waals surface area contributed by atoms with Crippen LogP contribution >= 0.6 is 0 Å². The summed E-state index contributed by atoms with van der Waals surface area (Å²) in [7, 11) is 0. The minimum absolute atomic E-state index is 0.00991. The van der Waals surface area contributed by atoms with Gasteiger partial charge in [-0.15, -0.1) is 0 Å². The summed E-state index contributed by atoms with van der Waals surface area (Å²) in [5.41, 5.74) is 12.4. The van der Waals surface area contributed by atoms with Crippen molar-refractivity contribution in [2.75, 3.05) is 6.61 Å². The molecule has 3 nitrogen and oxygen atoms in total. The molecule has 1 aliphatic carbocycles. The maximum absolute atomic E-state index is 5.86. The van der Waals surface area contributed by atoms with Gasteiger partial charge in [0.15, 0.2) is 5.88 Å². The van der Waals surface area contributed by atoms with E-state index in [0.717, 1.165) is 19.3 Å². The predicted octanol–water partition coefficient (Wildman–Crippen LogP) is 1.43. The molecule has 0 amide bonds. The van der Waals surface area contributed by atoms with Gasteiger partial charge in [0.2, 0.25) is 0 Å². The maximum Gasteiger partial charge on any atom is 0.176 e. The molecule has 1 atom stereocenters. The Labute approximate surface area is 85.1 Å². The molecule has 0 aromatic carbocycles. The number of hydrogen-bond donors (Lipinski definition) is 2. The molecule has 3 heteroatoms. The predicted molar refractivity (Wildman–Crippen MR) is 58.3 cm³/mol. The molecule has 0 saturated carbocycles. The van der Waals surface area contributed by atoms with Crippen LogP contribution in [0, 0.1) is 0 Å². The fourth-order valence-electron chi connectivity index (χ4n) is 1.39. The van der Waals surface area contributed by atoms with E-state index in [1.807, 2.05) is 0 Å². The van der Waals surface area contributed by atoms with E-state index in [4.69, 9.17) is 16.2 Å². The van der Waals surface area contributed by atoms with Crippen LogP contribution in [0.3, 0.4) is 0 Å². The summed E-state index contributed by atoms with van der Waals surface area (Å²) < 4.78 is 5.05. The molecular formula is C11H18N2O. The largest absolute Gasteiger partial charge is 0.478 e. The zero-order valence-electron chi connectivity index (χ0n) is 8.41. The highest BCUT2D eigenvalue weighted by Gasteiger charge is 2.06. The molecule has 1 rings (SSSR count). The zero-order chi connectivity index (χ0) is 10.4. The van der Waals surface area contributed by atoms with E-state index < -0.39 is 0 Å². The first kappa shape index (κ1) is 10.9. The average Bonchev–Trinajstić information content (AvgIpc) is 2.16. The lowest BCUT2D eigenvalue weighted by molar-refractivity contribution is 0.192. The normalized spacial score (nSPS) is 17.4. The van der Waals surface area contributed by atoms with Gasteiger partial charge in [-0.1, -0.05) is 23.8 Å². The smallest absolute Gasteiger partial charge is 0.176 e. The molecule has 0 aromatic heterocycles. The molecule has 78 valence electrons. The quantitative estimate of drug-likeness (QED) is 0.651. The SMILES string of the molecule is C=C(N)OCC(N)CC1=CCCC=C1. The van der Waals surface area contributed by atoms with Crippen molar-refractivity contribution >= 4 is 0 Å². The van der Waals surface area contributed by atoms with E-state index in [2.05, 4.69) is 24.8 Å². The van der Waals surface area contributed by atoms with E-state index in [1.54, 1.807) is 0 Å². The van der Waals surface area contributed by atoms with Gasteiger partial charge in [0.1, 0.15) is 6.61 Å². The summed E-state index contributed by atoms with van der Waals surface area (Å²) in [4.78, 5) is 0. The van der Waals surface area contributed by atoms with E-state index in [1.165, 1.54) is 5.57 Å². The lowest BCUT2D eigenvalue weighted by Crippen LogP contribution is -2.27. The number of nitrogens with two attached hydrogens (primary N) is 2. The molecule has 4 N–H and O–H groups in total. The number of allylic oxidation sites excluding steroid dienone is 3. The molecule has 0 radical (unpaired) electrons. The van der Waals surface area contributed by atoms with E-state index >= 15 is 0 Å². The van der Waals surface area contributed by atoms with E-state index in [0.29, 0.717) is 6.61 Å². The molecule has 1 unspecified atom stereocenters. The van der Waals surface area contributed by atoms with Crippen molar-refractivity contribution in [1.82, 2.24) is 0 Å². The Bertz CT molecular complexity index is 256. The van der Waals surface area contributed by atoms with Crippen LogP contribution < -0.4 is 11.5 Å². The van der Waals surface area contributed by atoms with Crippen LogP contribution in [0.4, 0.5) is 0 Å². The van der Waals surface area contributed by atoms with Gasteiger partial charge in [0.05, 0.1) is 0 Å². The summed E-state index contributed by atoms with van der Waals surface area (Å²) in [6.07, 6.45) is 9.60. The van der Waals surface area contributed by atoms with Crippen molar-refractivity contribution in [1.29, 1.82) is 0 Å². The third kappa shape index (κ3) is 4.14. The zero-order valence-corrected chi connectivity index (χ0v) is 8.41. The fourth-order valence-corrected chi connectivity index (χ4v) is 1.39. The van der Waals surface area contributed by atoms with Crippen molar-refractivity contribution < 1.29 is 4.74 Å². The Morgan fingerprint density at radius 1 is 1.57 bits per heavy atom. The Morgan fingerprint density at radius 2 is 2.36 bits per heavy atom. The number of hydrogen-bond acceptors (Lipinski definition) is 3. The van der Waals surface area contributed by atoms with Gasteiger partial charge in [-0.25, -0.2) is 0 Å². The molecule has 1 aliphatic rings. The second-order valence-electron chi connectivity index (χ2n) is 3.50. The van der Waals surface area contributed by atoms with Gasteiger partial charge >= 0.3 is 0 Å². The molecule has 0 aliphatic heterocycles. The summed E-state index contributed by atoms with van der Waals surface area (Å²) in [6, 6.07) is -0.00991. The van der Waals surface area contributed by atoms with Gasteiger partial charge in [0.25, 0.3) is 0 Å². The lowest BCUT2D eigenvalue weighted by atomic mass is 10.0. The van der Waals surface area contributed by atoms with Gasteiger partial charge in [-0.05, 0) is 25.8 Å². The van der Waals surface area contributed by atoms with Crippen molar-refractivity contribution in [3.05, 3.63) is 36.3 Å². The number of ether oxygens (including phenoxy) is 1. The third-order valence-corrected chi connectivity index (χ3v) is 2.05. The summed E-state index contributed by atoms with van der Waals surface area (Å²) >= 11 is 0. The van der Waals surface area contributed by atoms with Crippen LogP contribution in [0.25, 0.3) is 0 Å². The van der Waals surface area contributed by atoms with Gasteiger partial charge in [0, 0.05) is 6.04 Å². The van der Waals surface area contributed by atoms with Crippen LogP contribution in [-0.2, 0) is 4.74 Å². The van der Waals surface area contributed by atoms with Crippen LogP contribution in [0.2, 0.25) is 0 Å². The Kier molecular flexibility index (Phi) is 4.26. The summed E-state index contributed by atoms with van der Waals surface area (Å²) in [6.45, 7) is 3.88. The minimum Gasteiger partial charge on any atom is -0.478 e. The van der Waals surface area contributed by atoms with Crippen LogP contribution in [0.15, 0.2) is 36.3 Å². The van der Waals surface area contributed by atoms with Crippen LogP contribution in [-0.4, -0.2) is 12.6 Å². The van der Waals surface area contributed by atoms with Crippen LogP contribution in [0.1, 0.15) is 19.3 Å². The summed E-state index contributed by atoms with van der Waals surface area (Å²) in [5.74, 6) is 0.230. The van der Waals surface area contributed by atoms with Crippen molar-refractivity contribution in [2.45, 2.75) is 25.3 Å². The van der Waals surface area contributed by atoms with E-state index in [9.17, 15) is 0 Å². The Hall–Kier alpha value is -1.22. The highest BCUT2D eigenvalue weighted by molar-refractivity contribution is 5.22. The molecule has 0 spiro atoms. The molecular weight excluding hydrogens is 176 g/mol. The lowest BCUT2D eigenvalue weighted by Gasteiger charge is -2.14. The first-order valence-electron chi connectivity index (χ1n) is 4.87. The molecule has 14 heavy (non-hydrogen) atoms. The summed E-state index contributed by atoms with van der Waals surface area (Å²) in [5, 5.41) is 0. The second-order valence-corrected chi connectivity index (χ2v) is 3.50. The average molecular weight is 194 g/mol. The molecule has 0 bridgehead atoms. The fraction of sp³-hybridized carbons (Fsp3) is 0.455. The highest BCUT2D eigenvalue weighted by atomic mass is 16.5. The molecule has 0 heterocycles. The first-order chi connectivity index (χ1) is 6.68. The first-order valence-corrected chi connectivity index (χ1v) is 4.87. The molecule has 0 fully saturated rings. The van der Waals surface area contributed by atoms with Crippen LogP contribution in [0.5, 0.6) is 0 Å². The Morgan fingerprint density at radius 3 is 2.93 bits per heavy atom. The molecule has 0 aromatic rings. The topological polar surface area (TPSA) is 61.3 Å². The number of rotatable bonds is 5. The highest BCUT2D eigenvalue weighted by Crippen LogP contribution is 2.14. The standard InChI is InChI=1S/C11H18N2O/c1-9(12)14-8-11(13)7-10-5-3-2-4-6-10/h3,5-6,11H,1-2,4,7-8,12-13H2. The van der Waals surface area contributed by atoms with Crippen molar-refractivity contribution in [2.24, 2.45) is 11.5 Å². The van der Waals surface area contributed by atoms with E-state index in [-0.39, 0.29) is 11.9 Å². The maximum atomic E-state index is 5.86. The monoisotopic (exact) mass is 194 g/mol. The second kappa shape index (κ2) is 5.50. The van der Waals surface area contributed by atoms with Gasteiger partial charge in [-0.3, -0.25) is 0 Å². The third-order valence-electron chi connectivity index (χ3n) is 2.05. The Balaban J connectivity index is 2.25. The van der Waals surface area contributed by atoms with Gasteiger partial charge in [-0.2, -0.15) is 0 Å². The van der Waals surface area contributed by atoms with Crippen molar-refractivity contribution in [3.63, 3.8) is 0 Å². The minimum atomic E-state index is -0.00991. The van der Waals surface area contributed by atoms with Crippen molar-refractivity contribution in [3.8, 4) is 0 Å².